The predicted molar refractivity (Wildman–Crippen MR) is 89.2 cm³/mol. The molecule has 2 N–H and O–H groups in total. The number of carbonyl (C=O) groups excluding carboxylic acids is 1. The van der Waals surface area contributed by atoms with Crippen LogP contribution < -0.4 is 5.73 Å². The van der Waals surface area contributed by atoms with Gasteiger partial charge in [-0.3, -0.25) is 4.79 Å². The van der Waals surface area contributed by atoms with E-state index >= 15 is 0 Å². The molecule has 114 valence electrons. The van der Waals surface area contributed by atoms with E-state index in [9.17, 15) is 4.79 Å². The lowest BCUT2D eigenvalue weighted by Crippen LogP contribution is -2.38. The minimum Gasteiger partial charge on any atom is -0.398 e. The molecule has 0 aliphatic heterocycles. The Kier molecular flexibility index (Phi) is 4.53. The van der Waals surface area contributed by atoms with E-state index in [1.165, 1.54) is 32.1 Å². The molecule has 0 aromatic heterocycles. The van der Waals surface area contributed by atoms with Crippen molar-refractivity contribution in [2.75, 3.05) is 12.3 Å². The molecular formula is C17H23BrN2O. The predicted octanol–water partition coefficient (Wildman–Crippen LogP) is 4.22. The molecule has 2 saturated carbocycles. The third-order valence-electron chi connectivity index (χ3n) is 4.69. The maximum Gasteiger partial charge on any atom is 0.255 e. The zero-order chi connectivity index (χ0) is 14.8. The lowest BCUT2D eigenvalue weighted by molar-refractivity contribution is 0.0698. The number of hydrogen-bond acceptors (Lipinski definition) is 2. The van der Waals surface area contributed by atoms with E-state index in [2.05, 4.69) is 20.8 Å². The summed E-state index contributed by atoms with van der Waals surface area (Å²) in [5.74, 6) is 0.824. The average Bonchev–Trinajstić information content (AvgIpc) is 3.33. The minimum atomic E-state index is 0.141. The first-order valence-corrected chi connectivity index (χ1v) is 8.81. The third-order valence-corrected chi connectivity index (χ3v) is 5.57. The first kappa shape index (κ1) is 14.9. The fourth-order valence-electron chi connectivity index (χ4n) is 3.30. The van der Waals surface area contributed by atoms with Crippen molar-refractivity contribution >= 4 is 27.5 Å². The number of rotatable bonds is 4. The standard InChI is InChI=1S/C17H23BrN2O/c18-16-14(7-4-8-15(16)19)17(21)20(13-9-10-13)11-12-5-2-1-3-6-12/h4,7-8,12-13H,1-3,5-6,9-11,19H2. The normalized spacial score (nSPS) is 19.5. The van der Waals surface area contributed by atoms with Crippen molar-refractivity contribution in [1.82, 2.24) is 4.90 Å². The molecule has 0 saturated heterocycles. The van der Waals surface area contributed by atoms with Crippen molar-refractivity contribution in [1.29, 1.82) is 0 Å². The number of benzene rings is 1. The highest BCUT2D eigenvalue weighted by Gasteiger charge is 2.35. The number of halogens is 1. The summed E-state index contributed by atoms with van der Waals surface area (Å²) in [5, 5.41) is 0. The van der Waals surface area contributed by atoms with E-state index in [1.807, 2.05) is 18.2 Å². The van der Waals surface area contributed by atoms with Crippen LogP contribution in [-0.4, -0.2) is 23.4 Å². The molecule has 0 atom stereocenters. The maximum absolute atomic E-state index is 12.9. The van der Waals surface area contributed by atoms with E-state index in [0.717, 1.165) is 23.9 Å². The highest BCUT2D eigenvalue weighted by molar-refractivity contribution is 9.10. The summed E-state index contributed by atoms with van der Waals surface area (Å²) in [6.45, 7) is 0.921. The molecule has 21 heavy (non-hydrogen) atoms. The van der Waals surface area contributed by atoms with Crippen LogP contribution in [0.1, 0.15) is 55.3 Å². The van der Waals surface area contributed by atoms with Gasteiger partial charge in [0.15, 0.2) is 0 Å². The Morgan fingerprint density at radius 1 is 1.19 bits per heavy atom. The van der Waals surface area contributed by atoms with Gasteiger partial charge in [-0.1, -0.05) is 25.3 Å². The van der Waals surface area contributed by atoms with Gasteiger partial charge in [-0.2, -0.15) is 0 Å². The van der Waals surface area contributed by atoms with Crippen LogP contribution in [0.15, 0.2) is 22.7 Å². The van der Waals surface area contributed by atoms with Crippen LogP contribution in [0.25, 0.3) is 0 Å². The van der Waals surface area contributed by atoms with Gasteiger partial charge >= 0.3 is 0 Å². The summed E-state index contributed by atoms with van der Waals surface area (Å²) in [6.07, 6.45) is 8.84. The Labute approximate surface area is 135 Å². The fraction of sp³-hybridized carbons (Fsp3) is 0.588. The first-order valence-electron chi connectivity index (χ1n) is 8.02. The van der Waals surface area contributed by atoms with Crippen molar-refractivity contribution in [3.8, 4) is 0 Å². The van der Waals surface area contributed by atoms with E-state index in [4.69, 9.17) is 5.73 Å². The maximum atomic E-state index is 12.9. The number of carbonyl (C=O) groups is 1. The molecule has 0 bridgehead atoms. The lowest BCUT2D eigenvalue weighted by atomic mass is 9.88. The topological polar surface area (TPSA) is 46.3 Å². The molecule has 0 radical (unpaired) electrons. The van der Waals surface area contributed by atoms with Gasteiger partial charge in [0.1, 0.15) is 0 Å². The number of hydrogen-bond donors (Lipinski definition) is 1. The molecule has 2 aliphatic carbocycles. The molecule has 1 aromatic rings. The zero-order valence-electron chi connectivity index (χ0n) is 12.4. The van der Waals surface area contributed by atoms with E-state index < -0.39 is 0 Å². The van der Waals surface area contributed by atoms with Gasteiger partial charge in [0.2, 0.25) is 0 Å². The molecule has 3 rings (SSSR count). The van der Waals surface area contributed by atoms with Crippen molar-refractivity contribution in [3.63, 3.8) is 0 Å². The number of amides is 1. The van der Waals surface area contributed by atoms with Gasteiger partial charge in [-0.25, -0.2) is 0 Å². The highest BCUT2D eigenvalue weighted by atomic mass is 79.9. The van der Waals surface area contributed by atoms with Crippen LogP contribution in [0.3, 0.4) is 0 Å². The molecule has 0 spiro atoms. The van der Waals surface area contributed by atoms with E-state index in [1.54, 1.807) is 0 Å². The second-order valence-electron chi connectivity index (χ2n) is 6.40. The zero-order valence-corrected chi connectivity index (χ0v) is 13.9. The molecule has 0 unspecified atom stereocenters. The van der Waals surface area contributed by atoms with Crippen LogP contribution in [0.5, 0.6) is 0 Å². The monoisotopic (exact) mass is 350 g/mol. The van der Waals surface area contributed by atoms with Crippen molar-refractivity contribution in [3.05, 3.63) is 28.2 Å². The smallest absolute Gasteiger partial charge is 0.255 e. The van der Waals surface area contributed by atoms with Gasteiger partial charge in [-0.05, 0) is 59.7 Å². The van der Waals surface area contributed by atoms with Gasteiger partial charge in [0, 0.05) is 18.3 Å². The van der Waals surface area contributed by atoms with Crippen LogP contribution in [0, 0.1) is 5.92 Å². The summed E-state index contributed by atoms with van der Waals surface area (Å²) in [6, 6.07) is 6.01. The van der Waals surface area contributed by atoms with Crippen molar-refractivity contribution in [2.45, 2.75) is 51.0 Å². The summed E-state index contributed by atoms with van der Waals surface area (Å²) in [7, 11) is 0. The molecule has 3 nitrogen and oxygen atoms in total. The number of nitrogen functional groups attached to an aromatic ring is 1. The van der Waals surface area contributed by atoms with Gasteiger partial charge in [-0.15, -0.1) is 0 Å². The minimum absolute atomic E-state index is 0.141. The summed E-state index contributed by atoms with van der Waals surface area (Å²) >= 11 is 3.47. The summed E-state index contributed by atoms with van der Waals surface area (Å²) in [4.78, 5) is 15.0. The molecule has 2 fully saturated rings. The fourth-order valence-corrected chi connectivity index (χ4v) is 3.74. The van der Waals surface area contributed by atoms with Crippen LogP contribution in [0.4, 0.5) is 5.69 Å². The van der Waals surface area contributed by atoms with Crippen LogP contribution in [-0.2, 0) is 0 Å². The van der Waals surface area contributed by atoms with Crippen molar-refractivity contribution in [2.24, 2.45) is 5.92 Å². The van der Waals surface area contributed by atoms with Crippen molar-refractivity contribution < 1.29 is 4.79 Å². The first-order chi connectivity index (χ1) is 10.2. The average molecular weight is 351 g/mol. The molecule has 0 heterocycles. The largest absolute Gasteiger partial charge is 0.398 e. The molecular weight excluding hydrogens is 328 g/mol. The molecule has 4 heteroatoms. The Morgan fingerprint density at radius 2 is 1.90 bits per heavy atom. The molecule has 2 aliphatic rings. The Balaban J connectivity index is 1.76. The van der Waals surface area contributed by atoms with E-state index in [0.29, 0.717) is 23.2 Å². The molecule has 1 aromatic carbocycles. The number of nitrogens with two attached hydrogens (primary N) is 1. The Hall–Kier alpha value is -1.03. The Morgan fingerprint density at radius 3 is 2.57 bits per heavy atom. The Bertz CT molecular complexity index is 522. The summed E-state index contributed by atoms with van der Waals surface area (Å²) < 4.78 is 0.740. The van der Waals surface area contributed by atoms with Crippen LogP contribution in [0.2, 0.25) is 0 Å². The molecule has 1 amide bonds. The second-order valence-corrected chi connectivity index (χ2v) is 7.19. The van der Waals surface area contributed by atoms with E-state index in [-0.39, 0.29) is 5.91 Å². The van der Waals surface area contributed by atoms with Gasteiger partial charge in [0.25, 0.3) is 5.91 Å². The quantitative estimate of drug-likeness (QED) is 0.826. The SMILES string of the molecule is Nc1cccc(C(=O)N(CC2CCCCC2)C2CC2)c1Br. The third kappa shape index (κ3) is 3.42. The van der Waals surface area contributed by atoms with Gasteiger partial charge < -0.3 is 10.6 Å². The number of anilines is 1. The number of nitrogens with zero attached hydrogens (tertiary/aromatic N) is 1. The highest BCUT2D eigenvalue weighted by Crippen LogP contribution is 2.34. The summed E-state index contributed by atoms with van der Waals surface area (Å²) in [5.41, 5.74) is 7.26. The van der Waals surface area contributed by atoms with Crippen LogP contribution >= 0.6 is 15.9 Å². The van der Waals surface area contributed by atoms with Gasteiger partial charge in [0.05, 0.1) is 10.0 Å². The second kappa shape index (κ2) is 6.39. The lowest BCUT2D eigenvalue weighted by Gasteiger charge is -2.30.